The number of methoxy groups -OCH3 is 1. The van der Waals surface area contributed by atoms with Gasteiger partial charge in [0.1, 0.15) is 10.7 Å². The molecule has 10 heteroatoms. The van der Waals surface area contributed by atoms with Gasteiger partial charge >= 0.3 is 12.0 Å². The molecular formula is C25H25FN4O4S. The molecule has 8 nitrogen and oxygen atoms in total. The first-order chi connectivity index (χ1) is 16.9. The third kappa shape index (κ3) is 5.96. The van der Waals surface area contributed by atoms with E-state index < -0.39 is 12.0 Å². The van der Waals surface area contributed by atoms with Crippen LogP contribution < -0.4 is 20.9 Å². The molecule has 2 aromatic carbocycles. The number of anilines is 3. The van der Waals surface area contributed by atoms with Gasteiger partial charge in [0, 0.05) is 25.2 Å². The predicted octanol–water partition coefficient (Wildman–Crippen LogP) is 4.85. The number of carbonyl (C=O) groups excluding carboxylic acids is 3. The van der Waals surface area contributed by atoms with Crippen molar-refractivity contribution in [2.75, 3.05) is 35.7 Å². The lowest BCUT2D eigenvalue weighted by molar-refractivity contribution is 0.0607. The fourth-order valence-corrected chi connectivity index (χ4v) is 4.64. The maximum atomic E-state index is 13.4. The number of nitrogens with one attached hydrogen (secondary N) is 3. The van der Waals surface area contributed by atoms with Gasteiger partial charge in [-0.15, -0.1) is 11.3 Å². The van der Waals surface area contributed by atoms with Crippen LogP contribution in [-0.4, -0.2) is 38.1 Å². The Labute approximate surface area is 206 Å². The second kappa shape index (κ2) is 11.0. The fourth-order valence-electron chi connectivity index (χ4n) is 3.88. The minimum absolute atomic E-state index is 0.169. The van der Waals surface area contributed by atoms with Gasteiger partial charge in [0.25, 0.3) is 5.91 Å². The fraction of sp³-hybridized carbons (Fsp3) is 0.240. The summed E-state index contributed by atoms with van der Waals surface area (Å²) in [6.07, 6.45) is 2.08. The number of benzene rings is 2. The smallest absolute Gasteiger partial charge is 0.350 e. The van der Waals surface area contributed by atoms with Crippen LogP contribution in [0, 0.1) is 5.82 Å². The number of rotatable bonds is 7. The molecule has 1 fully saturated rings. The molecule has 3 amide bonds. The number of urea groups is 1. The van der Waals surface area contributed by atoms with Crippen LogP contribution in [0.1, 0.15) is 38.4 Å². The average molecular weight is 497 g/mol. The van der Waals surface area contributed by atoms with Gasteiger partial charge in [0.15, 0.2) is 0 Å². The Morgan fingerprint density at radius 2 is 1.80 bits per heavy atom. The molecule has 2 heterocycles. The molecule has 0 radical (unpaired) electrons. The van der Waals surface area contributed by atoms with Crippen molar-refractivity contribution in [1.82, 2.24) is 5.32 Å². The molecule has 35 heavy (non-hydrogen) atoms. The molecule has 1 aromatic heterocycles. The summed E-state index contributed by atoms with van der Waals surface area (Å²) in [6, 6.07) is 12.2. The second-order valence-electron chi connectivity index (χ2n) is 7.97. The van der Waals surface area contributed by atoms with Crippen molar-refractivity contribution in [1.29, 1.82) is 0 Å². The number of hydrogen-bond acceptors (Lipinski definition) is 6. The van der Waals surface area contributed by atoms with Crippen LogP contribution in [0.15, 0.2) is 53.9 Å². The SMILES string of the molecule is COC(=O)c1sccc1NC(=O)Nc1cc(C(=O)NCc2cccc(F)c2)ccc1N1CCCC1. The van der Waals surface area contributed by atoms with Crippen LogP contribution in [0.3, 0.4) is 0 Å². The highest BCUT2D eigenvalue weighted by Crippen LogP contribution is 2.31. The molecule has 4 rings (SSSR count). The third-order valence-corrected chi connectivity index (χ3v) is 6.47. The van der Waals surface area contributed by atoms with Crippen molar-refractivity contribution >= 4 is 46.3 Å². The lowest BCUT2D eigenvalue weighted by Crippen LogP contribution is -2.26. The van der Waals surface area contributed by atoms with E-state index in [-0.39, 0.29) is 23.1 Å². The molecule has 182 valence electrons. The van der Waals surface area contributed by atoms with E-state index >= 15 is 0 Å². The zero-order valence-electron chi connectivity index (χ0n) is 19.1. The molecule has 1 aliphatic heterocycles. The van der Waals surface area contributed by atoms with Gasteiger partial charge in [-0.3, -0.25) is 4.79 Å². The standard InChI is InChI=1S/C25H25FN4O4S/c1-34-24(32)22-19(9-12-35-22)28-25(33)29-20-14-17(7-8-21(20)30-10-2-3-11-30)23(31)27-15-16-5-4-6-18(26)13-16/h4-9,12-14H,2-3,10-11,15H2,1H3,(H,27,31)(H2,28,29,33). The van der Waals surface area contributed by atoms with E-state index in [1.54, 1.807) is 35.7 Å². The molecule has 1 aliphatic rings. The summed E-state index contributed by atoms with van der Waals surface area (Å²) >= 11 is 1.16. The molecule has 1 saturated heterocycles. The van der Waals surface area contributed by atoms with E-state index in [0.717, 1.165) is 43.0 Å². The first-order valence-corrected chi connectivity index (χ1v) is 12.0. The molecular weight excluding hydrogens is 471 g/mol. The Kier molecular flexibility index (Phi) is 7.61. The highest BCUT2D eigenvalue weighted by molar-refractivity contribution is 7.12. The van der Waals surface area contributed by atoms with Crippen molar-refractivity contribution in [2.45, 2.75) is 19.4 Å². The number of thiophene rings is 1. The summed E-state index contributed by atoms with van der Waals surface area (Å²) in [4.78, 5) is 39.9. The van der Waals surface area contributed by atoms with Crippen LogP contribution in [0.4, 0.5) is 26.2 Å². The summed E-state index contributed by atoms with van der Waals surface area (Å²) in [5.41, 5.74) is 2.61. The number of nitrogens with zero attached hydrogens (tertiary/aromatic N) is 1. The maximum Gasteiger partial charge on any atom is 0.350 e. The van der Waals surface area contributed by atoms with Crippen molar-refractivity contribution in [3.63, 3.8) is 0 Å². The molecule has 0 bridgehead atoms. The second-order valence-corrected chi connectivity index (χ2v) is 8.89. The van der Waals surface area contributed by atoms with Gasteiger partial charge in [0.2, 0.25) is 0 Å². The molecule has 0 saturated carbocycles. The minimum atomic E-state index is -0.550. The minimum Gasteiger partial charge on any atom is -0.465 e. The highest BCUT2D eigenvalue weighted by atomic mass is 32.1. The Hall–Kier alpha value is -3.92. The Bertz CT molecular complexity index is 1240. The summed E-state index contributed by atoms with van der Waals surface area (Å²) in [7, 11) is 1.28. The van der Waals surface area contributed by atoms with E-state index in [1.807, 2.05) is 6.07 Å². The zero-order valence-corrected chi connectivity index (χ0v) is 19.9. The number of esters is 1. The first-order valence-electron chi connectivity index (χ1n) is 11.1. The summed E-state index contributed by atoms with van der Waals surface area (Å²) in [5.74, 6) is -1.26. The van der Waals surface area contributed by atoms with Crippen LogP contribution in [0.5, 0.6) is 0 Å². The molecule has 3 N–H and O–H groups in total. The first kappa shape index (κ1) is 24.2. The summed E-state index contributed by atoms with van der Waals surface area (Å²) in [5, 5.41) is 9.95. The largest absolute Gasteiger partial charge is 0.465 e. The van der Waals surface area contributed by atoms with Gasteiger partial charge in [0.05, 0.1) is 24.2 Å². The van der Waals surface area contributed by atoms with E-state index in [9.17, 15) is 18.8 Å². The zero-order chi connectivity index (χ0) is 24.8. The number of carbonyl (C=O) groups is 3. The lowest BCUT2D eigenvalue weighted by Gasteiger charge is -2.22. The number of ether oxygens (including phenoxy) is 1. The molecule has 3 aromatic rings. The number of amides is 3. The van der Waals surface area contributed by atoms with Gasteiger partial charge < -0.3 is 25.6 Å². The Balaban J connectivity index is 1.51. The van der Waals surface area contributed by atoms with Gasteiger partial charge in [-0.1, -0.05) is 12.1 Å². The third-order valence-electron chi connectivity index (χ3n) is 5.58. The van der Waals surface area contributed by atoms with E-state index in [2.05, 4.69) is 20.9 Å². The van der Waals surface area contributed by atoms with E-state index in [4.69, 9.17) is 4.74 Å². The molecule has 0 spiro atoms. The molecule has 0 atom stereocenters. The Morgan fingerprint density at radius 1 is 1.03 bits per heavy atom. The Morgan fingerprint density at radius 3 is 2.54 bits per heavy atom. The highest BCUT2D eigenvalue weighted by Gasteiger charge is 2.20. The van der Waals surface area contributed by atoms with Crippen molar-refractivity contribution in [3.05, 3.63) is 75.7 Å². The summed E-state index contributed by atoms with van der Waals surface area (Å²) < 4.78 is 18.2. The normalized spacial score (nSPS) is 12.8. The van der Waals surface area contributed by atoms with Crippen LogP contribution in [-0.2, 0) is 11.3 Å². The predicted molar refractivity (Wildman–Crippen MR) is 134 cm³/mol. The number of hydrogen-bond donors (Lipinski definition) is 3. The van der Waals surface area contributed by atoms with Crippen LogP contribution in [0.25, 0.3) is 0 Å². The average Bonchev–Trinajstić information content (AvgIpc) is 3.54. The quantitative estimate of drug-likeness (QED) is 0.406. The molecule has 0 unspecified atom stereocenters. The van der Waals surface area contributed by atoms with Gasteiger partial charge in [-0.2, -0.15) is 0 Å². The van der Waals surface area contributed by atoms with Crippen LogP contribution in [0.2, 0.25) is 0 Å². The van der Waals surface area contributed by atoms with E-state index in [0.29, 0.717) is 22.5 Å². The van der Waals surface area contributed by atoms with Gasteiger partial charge in [-0.05, 0) is 60.2 Å². The van der Waals surface area contributed by atoms with Crippen molar-refractivity contribution in [3.8, 4) is 0 Å². The maximum absolute atomic E-state index is 13.4. The topological polar surface area (TPSA) is 99.8 Å². The van der Waals surface area contributed by atoms with E-state index in [1.165, 1.54) is 19.2 Å². The van der Waals surface area contributed by atoms with Gasteiger partial charge in [-0.25, -0.2) is 14.0 Å². The summed E-state index contributed by atoms with van der Waals surface area (Å²) in [6.45, 7) is 1.86. The molecule has 0 aliphatic carbocycles. The van der Waals surface area contributed by atoms with Crippen molar-refractivity contribution in [2.24, 2.45) is 0 Å². The van der Waals surface area contributed by atoms with Crippen LogP contribution >= 0.6 is 11.3 Å². The monoisotopic (exact) mass is 496 g/mol. The van der Waals surface area contributed by atoms with Crippen molar-refractivity contribution < 1.29 is 23.5 Å². The lowest BCUT2D eigenvalue weighted by atomic mass is 10.1. The number of halogens is 1.